The molecule has 1 heterocycles. The summed E-state index contributed by atoms with van der Waals surface area (Å²) < 4.78 is 0. The summed E-state index contributed by atoms with van der Waals surface area (Å²) in [5.41, 5.74) is 2.79. The van der Waals surface area contributed by atoms with Crippen LogP contribution in [0.5, 0.6) is 0 Å². The first-order valence-corrected chi connectivity index (χ1v) is 6.56. The monoisotopic (exact) mass is 216 g/mol. The van der Waals surface area contributed by atoms with E-state index in [1.165, 1.54) is 49.8 Å². The third kappa shape index (κ3) is 1.93. The van der Waals surface area contributed by atoms with Gasteiger partial charge in [0.05, 0.1) is 0 Å². The van der Waals surface area contributed by atoms with E-state index >= 15 is 0 Å². The van der Waals surface area contributed by atoms with Gasteiger partial charge in [-0.2, -0.15) is 0 Å². The van der Waals surface area contributed by atoms with E-state index in [4.69, 9.17) is 4.98 Å². The van der Waals surface area contributed by atoms with Crippen molar-refractivity contribution >= 4 is 5.82 Å². The number of pyridine rings is 1. The van der Waals surface area contributed by atoms with Crippen LogP contribution in [-0.2, 0) is 12.8 Å². The minimum absolute atomic E-state index is 0.655. The Hall–Kier alpha value is -1.05. The van der Waals surface area contributed by atoms with Crippen LogP contribution in [0.25, 0.3) is 0 Å². The summed E-state index contributed by atoms with van der Waals surface area (Å²) in [4.78, 5) is 4.73. The maximum atomic E-state index is 4.73. The molecule has 0 aromatic carbocycles. The van der Waals surface area contributed by atoms with E-state index in [9.17, 15) is 0 Å². The maximum Gasteiger partial charge on any atom is 0.126 e. The highest BCUT2D eigenvalue weighted by Crippen LogP contribution is 2.28. The Morgan fingerprint density at radius 3 is 3.00 bits per heavy atom. The summed E-state index contributed by atoms with van der Waals surface area (Å²) in [6, 6.07) is 5.07. The van der Waals surface area contributed by atoms with Crippen LogP contribution >= 0.6 is 0 Å². The van der Waals surface area contributed by atoms with E-state index < -0.39 is 0 Å². The predicted octanol–water partition coefficient (Wildman–Crippen LogP) is 3.17. The van der Waals surface area contributed by atoms with Crippen molar-refractivity contribution in [1.29, 1.82) is 0 Å². The van der Waals surface area contributed by atoms with Crippen LogP contribution in [0.15, 0.2) is 12.1 Å². The Balaban J connectivity index is 1.71. The van der Waals surface area contributed by atoms with Crippen LogP contribution in [0.1, 0.15) is 43.9 Å². The van der Waals surface area contributed by atoms with Crippen LogP contribution in [-0.4, -0.2) is 11.0 Å². The second kappa shape index (κ2) is 4.08. The van der Waals surface area contributed by atoms with Crippen molar-refractivity contribution in [3.63, 3.8) is 0 Å². The molecule has 0 saturated heterocycles. The van der Waals surface area contributed by atoms with Crippen molar-refractivity contribution in [2.45, 2.75) is 51.5 Å². The lowest BCUT2D eigenvalue weighted by molar-refractivity contribution is 0.602. The van der Waals surface area contributed by atoms with Crippen molar-refractivity contribution in [3.8, 4) is 0 Å². The summed E-state index contributed by atoms with van der Waals surface area (Å²) in [5.74, 6) is 1.98. The quantitative estimate of drug-likeness (QED) is 0.821. The van der Waals surface area contributed by atoms with E-state index in [1.807, 2.05) is 0 Å². The molecule has 0 radical (unpaired) electrons. The Labute approximate surface area is 97.5 Å². The standard InChI is InChI=1S/C14H20N2/c1-10-5-7-12(9-10)15-14-8-6-11-3-2-4-13(11)16-14/h6,8,10,12H,2-5,7,9H2,1H3,(H,15,16). The number of hydrogen-bond acceptors (Lipinski definition) is 2. The van der Waals surface area contributed by atoms with E-state index in [0.29, 0.717) is 6.04 Å². The zero-order valence-electron chi connectivity index (χ0n) is 10.00. The van der Waals surface area contributed by atoms with E-state index in [1.54, 1.807) is 0 Å². The van der Waals surface area contributed by atoms with Gasteiger partial charge in [0.15, 0.2) is 0 Å². The van der Waals surface area contributed by atoms with E-state index in [-0.39, 0.29) is 0 Å². The van der Waals surface area contributed by atoms with Crippen molar-refractivity contribution in [2.75, 3.05) is 5.32 Å². The second-order valence-corrected chi connectivity index (χ2v) is 5.42. The van der Waals surface area contributed by atoms with Gasteiger partial charge in [-0.15, -0.1) is 0 Å². The molecule has 1 N–H and O–H groups in total. The van der Waals surface area contributed by atoms with Crippen LogP contribution < -0.4 is 5.32 Å². The number of aryl methyl sites for hydroxylation is 2. The highest BCUT2D eigenvalue weighted by molar-refractivity contribution is 5.41. The van der Waals surface area contributed by atoms with Gasteiger partial charge >= 0.3 is 0 Å². The molecular formula is C14H20N2. The second-order valence-electron chi connectivity index (χ2n) is 5.42. The molecule has 2 nitrogen and oxygen atoms in total. The van der Waals surface area contributed by atoms with Gasteiger partial charge in [-0.25, -0.2) is 4.98 Å². The van der Waals surface area contributed by atoms with Gasteiger partial charge in [-0.3, -0.25) is 0 Å². The molecule has 1 fully saturated rings. The van der Waals surface area contributed by atoms with Crippen LogP contribution in [0.4, 0.5) is 5.82 Å². The van der Waals surface area contributed by atoms with Gasteiger partial charge in [-0.05, 0) is 56.1 Å². The molecule has 2 aliphatic carbocycles. The lowest BCUT2D eigenvalue weighted by Crippen LogP contribution is -2.16. The lowest BCUT2D eigenvalue weighted by Gasteiger charge is -2.13. The largest absolute Gasteiger partial charge is 0.367 e. The minimum atomic E-state index is 0.655. The first-order chi connectivity index (χ1) is 7.81. The van der Waals surface area contributed by atoms with E-state index in [0.717, 1.165) is 11.7 Å². The molecular weight excluding hydrogens is 196 g/mol. The van der Waals surface area contributed by atoms with E-state index in [2.05, 4.69) is 24.4 Å². The molecule has 1 aromatic rings. The highest BCUT2D eigenvalue weighted by atomic mass is 15.0. The molecule has 0 aliphatic heterocycles. The zero-order valence-corrected chi connectivity index (χ0v) is 10.00. The Kier molecular flexibility index (Phi) is 2.58. The number of fused-ring (bicyclic) bond motifs is 1. The van der Waals surface area contributed by atoms with Gasteiger partial charge in [0.1, 0.15) is 5.82 Å². The molecule has 2 aliphatic rings. The van der Waals surface area contributed by atoms with Gasteiger partial charge in [-0.1, -0.05) is 13.0 Å². The summed E-state index contributed by atoms with van der Waals surface area (Å²) in [6.45, 7) is 2.35. The van der Waals surface area contributed by atoms with Crippen LogP contribution in [0.3, 0.4) is 0 Å². The molecule has 1 saturated carbocycles. The number of nitrogens with zero attached hydrogens (tertiary/aromatic N) is 1. The molecule has 0 amide bonds. The normalized spacial score (nSPS) is 28.1. The van der Waals surface area contributed by atoms with Crippen molar-refractivity contribution in [2.24, 2.45) is 5.92 Å². The Bertz CT molecular complexity index is 386. The van der Waals surface area contributed by atoms with Gasteiger partial charge in [0, 0.05) is 11.7 Å². The fourth-order valence-corrected chi connectivity index (χ4v) is 3.05. The van der Waals surface area contributed by atoms with Gasteiger partial charge in [0.2, 0.25) is 0 Å². The van der Waals surface area contributed by atoms with Gasteiger partial charge in [0.25, 0.3) is 0 Å². The zero-order chi connectivity index (χ0) is 11.0. The average Bonchev–Trinajstić information content (AvgIpc) is 2.87. The lowest BCUT2D eigenvalue weighted by atomic mass is 10.1. The Morgan fingerprint density at radius 1 is 1.25 bits per heavy atom. The Morgan fingerprint density at radius 2 is 2.19 bits per heavy atom. The fraction of sp³-hybridized carbons (Fsp3) is 0.643. The molecule has 2 heteroatoms. The molecule has 0 spiro atoms. The summed E-state index contributed by atoms with van der Waals surface area (Å²) >= 11 is 0. The number of rotatable bonds is 2. The number of anilines is 1. The number of hydrogen-bond donors (Lipinski definition) is 1. The smallest absolute Gasteiger partial charge is 0.126 e. The number of nitrogens with one attached hydrogen (secondary N) is 1. The van der Waals surface area contributed by atoms with Gasteiger partial charge < -0.3 is 5.32 Å². The maximum absolute atomic E-state index is 4.73. The van der Waals surface area contributed by atoms with Crippen molar-refractivity contribution in [3.05, 3.63) is 23.4 Å². The van der Waals surface area contributed by atoms with Crippen molar-refractivity contribution in [1.82, 2.24) is 4.98 Å². The first kappa shape index (κ1) is 10.1. The number of aromatic nitrogens is 1. The SMILES string of the molecule is CC1CCC(Nc2ccc3c(n2)CCC3)C1. The predicted molar refractivity (Wildman–Crippen MR) is 66.7 cm³/mol. The highest BCUT2D eigenvalue weighted by Gasteiger charge is 2.21. The summed E-state index contributed by atoms with van der Waals surface area (Å²) in [6.07, 6.45) is 7.66. The van der Waals surface area contributed by atoms with Crippen molar-refractivity contribution < 1.29 is 0 Å². The third-order valence-corrected chi connectivity index (χ3v) is 3.97. The topological polar surface area (TPSA) is 24.9 Å². The fourth-order valence-electron chi connectivity index (χ4n) is 3.05. The summed E-state index contributed by atoms with van der Waals surface area (Å²) in [7, 11) is 0. The minimum Gasteiger partial charge on any atom is -0.367 e. The van der Waals surface area contributed by atoms with Crippen LogP contribution in [0.2, 0.25) is 0 Å². The molecule has 2 unspecified atom stereocenters. The molecule has 86 valence electrons. The molecule has 16 heavy (non-hydrogen) atoms. The van der Waals surface area contributed by atoms with Crippen LogP contribution in [0, 0.1) is 5.92 Å². The first-order valence-electron chi connectivity index (χ1n) is 6.56. The average molecular weight is 216 g/mol. The summed E-state index contributed by atoms with van der Waals surface area (Å²) in [5, 5.41) is 3.59. The molecule has 0 bridgehead atoms. The molecule has 3 rings (SSSR count). The molecule has 2 atom stereocenters. The third-order valence-electron chi connectivity index (χ3n) is 3.97. The molecule has 1 aromatic heterocycles.